The highest BCUT2D eigenvalue weighted by Crippen LogP contribution is 2.41. The van der Waals surface area contributed by atoms with Crippen molar-refractivity contribution in [2.24, 2.45) is 0 Å². The molecule has 2 aliphatic rings. The molecule has 2 aromatic rings. The normalized spacial score (nSPS) is 24.5. The summed E-state index contributed by atoms with van der Waals surface area (Å²) in [5, 5.41) is 0. The monoisotopic (exact) mass is 354 g/mol. The molecular formula is C20H18O4S. The standard InChI is InChI=1S/C20H18O4S/c21-25(22,17-9-5-2-6-10-17)19-13-20(12-11-18(19)24-20)15-23-14-16-7-3-1-4-8-16/h1-13,18H,14-15H2/t18-,20+/m0/s1. The number of hydrogen-bond donors (Lipinski definition) is 0. The molecule has 2 bridgehead atoms. The second-order valence-corrected chi connectivity index (χ2v) is 8.14. The van der Waals surface area contributed by atoms with Gasteiger partial charge in [-0.1, -0.05) is 54.6 Å². The minimum Gasteiger partial charge on any atom is -0.373 e. The van der Waals surface area contributed by atoms with E-state index in [1.165, 1.54) is 0 Å². The predicted molar refractivity (Wildman–Crippen MR) is 94.6 cm³/mol. The topological polar surface area (TPSA) is 52.6 Å². The van der Waals surface area contributed by atoms with Crippen LogP contribution in [0.2, 0.25) is 0 Å². The van der Waals surface area contributed by atoms with Gasteiger partial charge in [-0.3, -0.25) is 0 Å². The van der Waals surface area contributed by atoms with Crippen LogP contribution in [0.5, 0.6) is 0 Å². The molecule has 0 saturated carbocycles. The van der Waals surface area contributed by atoms with Gasteiger partial charge in [0.1, 0.15) is 11.7 Å². The summed E-state index contributed by atoms with van der Waals surface area (Å²) in [4.78, 5) is 0.579. The Hall–Kier alpha value is -2.21. The van der Waals surface area contributed by atoms with Gasteiger partial charge in [-0.15, -0.1) is 0 Å². The second-order valence-electron chi connectivity index (χ2n) is 6.19. The molecular weight excluding hydrogens is 336 g/mol. The maximum Gasteiger partial charge on any atom is 0.205 e. The first-order valence-electron chi connectivity index (χ1n) is 8.11. The number of ether oxygens (including phenoxy) is 2. The van der Waals surface area contributed by atoms with Gasteiger partial charge in [0.15, 0.2) is 0 Å². The first-order chi connectivity index (χ1) is 12.1. The van der Waals surface area contributed by atoms with Gasteiger partial charge in [0.05, 0.1) is 23.0 Å². The van der Waals surface area contributed by atoms with E-state index in [2.05, 4.69) is 0 Å². The van der Waals surface area contributed by atoms with E-state index < -0.39 is 21.5 Å². The highest BCUT2D eigenvalue weighted by atomic mass is 32.2. The van der Waals surface area contributed by atoms with Crippen molar-refractivity contribution in [2.45, 2.75) is 23.2 Å². The Kier molecular flexibility index (Phi) is 4.07. The van der Waals surface area contributed by atoms with Crippen LogP contribution in [0.1, 0.15) is 5.56 Å². The van der Waals surface area contributed by atoms with Gasteiger partial charge < -0.3 is 9.47 Å². The Bertz CT molecular complexity index is 917. The molecule has 0 N–H and O–H groups in total. The van der Waals surface area contributed by atoms with Gasteiger partial charge in [-0.05, 0) is 29.8 Å². The number of sulfone groups is 1. The number of hydrogen-bond acceptors (Lipinski definition) is 4. The van der Waals surface area contributed by atoms with Crippen LogP contribution >= 0.6 is 0 Å². The van der Waals surface area contributed by atoms with E-state index in [4.69, 9.17) is 9.47 Å². The first-order valence-corrected chi connectivity index (χ1v) is 9.59. The zero-order valence-corrected chi connectivity index (χ0v) is 14.4. The molecule has 0 fully saturated rings. The van der Waals surface area contributed by atoms with Gasteiger partial charge in [0.2, 0.25) is 9.84 Å². The van der Waals surface area contributed by atoms with Gasteiger partial charge in [-0.25, -0.2) is 8.42 Å². The lowest BCUT2D eigenvalue weighted by atomic mass is 10.0. The first kappa shape index (κ1) is 16.3. The molecule has 4 rings (SSSR count). The fourth-order valence-corrected chi connectivity index (χ4v) is 4.69. The summed E-state index contributed by atoms with van der Waals surface area (Å²) in [5.41, 5.74) is 0.271. The Balaban J connectivity index is 1.51. The van der Waals surface area contributed by atoms with Crippen LogP contribution in [0, 0.1) is 0 Å². The van der Waals surface area contributed by atoms with E-state index in [0.717, 1.165) is 5.56 Å². The second kappa shape index (κ2) is 6.26. The van der Waals surface area contributed by atoms with Crippen molar-refractivity contribution in [3.63, 3.8) is 0 Å². The summed E-state index contributed by atoms with van der Waals surface area (Å²) in [6.07, 6.45) is 4.82. The van der Waals surface area contributed by atoms with Crippen molar-refractivity contribution in [1.29, 1.82) is 0 Å². The Morgan fingerprint density at radius 1 is 1.00 bits per heavy atom. The third kappa shape index (κ3) is 3.06. The van der Waals surface area contributed by atoms with Crippen LogP contribution in [0.15, 0.2) is 88.7 Å². The molecule has 0 aromatic heterocycles. The largest absolute Gasteiger partial charge is 0.373 e. The Labute approximate surface area is 147 Å². The average Bonchev–Trinajstić information content (AvgIpc) is 3.22. The highest BCUT2D eigenvalue weighted by molar-refractivity contribution is 7.95. The SMILES string of the molecule is O=S(=O)(C1=C[C@@]2(COCc3ccccc3)C=C[C@@H]1O2)c1ccccc1. The minimum atomic E-state index is -3.56. The average molecular weight is 354 g/mol. The van der Waals surface area contributed by atoms with Crippen molar-refractivity contribution in [2.75, 3.05) is 6.61 Å². The summed E-state index contributed by atoms with van der Waals surface area (Å²) in [6.45, 7) is 0.738. The molecule has 128 valence electrons. The van der Waals surface area contributed by atoms with E-state index in [1.54, 1.807) is 42.5 Å². The van der Waals surface area contributed by atoms with Crippen LogP contribution < -0.4 is 0 Å². The van der Waals surface area contributed by atoms with Crippen molar-refractivity contribution < 1.29 is 17.9 Å². The molecule has 0 unspecified atom stereocenters. The molecule has 2 atom stereocenters. The molecule has 2 aliphatic heterocycles. The summed E-state index contributed by atoms with van der Waals surface area (Å²) in [7, 11) is -3.56. The third-order valence-corrected chi connectivity index (χ3v) is 6.23. The maximum absolute atomic E-state index is 12.8. The van der Waals surface area contributed by atoms with Crippen LogP contribution in [-0.2, 0) is 25.9 Å². The van der Waals surface area contributed by atoms with Crippen LogP contribution in [0.25, 0.3) is 0 Å². The van der Waals surface area contributed by atoms with Crippen molar-refractivity contribution in [1.82, 2.24) is 0 Å². The van der Waals surface area contributed by atoms with Crippen LogP contribution in [-0.4, -0.2) is 26.7 Å². The van der Waals surface area contributed by atoms with Crippen LogP contribution in [0.4, 0.5) is 0 Å². The van der Waals surface area contributed by atoms with Crippen molar-refractivity contribution >= 4 is 9.84 Å². The predicted octanol–water partition coefficient (Wildman–Crippen LogP) is 3.27. The molecule has 25 heavy (non-hydrogen) atoms. The molecule has 0 aliphatic carbocycles. The fraction of sp³-hybridized carbons (Fsp3) is 0.200. The summed E-state index contributed by atoms with van der Waals surface area (Å²) in [6, 6.07) is 18.3. The fourth-order valence-electron chi connectivity index (χ4n) is 3.12. The number of rotatable bonds is 6. The Morgan fingerprint density at radius 3 is 2.40 bits per heavy atom. The van der Waals surface area contributed by atoms with E-state index in [-0.39, 0.29) is 11.5 Å². The van der Waals surface area contributed by atoms with Gasteiger partial charge in [-0.2, -0.15) is 0 Å². The van der Waals surface area contributed by atoms with Gasteiger partial charge >= 0.3 is 0 Å². The summed E-state index contributed by atoms with van der Waals surface area (Å²) < 4.78 is 37.4. The molecule has 2 heterocycles. The van der Waals surface area contributed by atoms with E-state index in [1.807, 2.05) is 36.4 Å². The smallest absolute Gasteiger partial charge is 0.205 e. The molecule has 0 spiro atoms. The molecule has 5 heteroatoms. The van der Waals surface area contributed by atoms with Crippen molar-refractivity contribution in [3.8, 4) is 0 Å². The van der Waals surface area contributed by atoms with Gasteiger partial charge in [0.25, 0.3) is 0 Å². The molecule has 0 radical (unpaired) electrons. The quantitative estimate of drug-likeness (QED) is 0.747. The van der Waals surface area contributed by atoms with E-state index in [9.17, 15) is 8.42 Å². The lowest BCUT2D eigenvalue weighted by molar-refractivity contribution is -0.0277. The number of benzene rings is 2. The molecule has 0 amide bonds. The maximum atomic E-state index is 12.8. The third-order valence-electron chi connectivity index (χ3n) is 4.37. The number of fused-ring (bicyclic) bond motifs is 2. The van der Waals surface area contributed by atoms with E-state index in [0.29, 0.717) is 11.5 Å². The zero-order chi connectivity index (χ0) is 17.3. The van der Waals surface area contributed by atoms with Crippen LogP contribution in [0.3, 0.4) is 0 Å². The molecule has 0 saturated heterocycles. The zero-order valence-electron chi connectivity index (χ0n) is 13.5. The Morgan fingerprint density at radius 2 is 1.68 bits per heavy atom. The molecule has 2 aromatic carbocycles. The van der Waals surface area contributed by atoms with Crippen molar-refractivity contribution in [3.05, 3.63) is 89.4 Å². The lowest BCUT2D eigenvalue weighted by Crippen LogP contribution is -2.28. The summed E-state index contributed by atoms with van der Waals surface area (Å²) >= 11 is 0. The molecule has 4 nitrogen and oxygen atoms in total. The van der Waals surface area contributed by atoms with Gasteiger partial charge in [0, 0.05) is 0 Å². The highest BCUT2D eigenvalue weighted by Gasteiger charge is 2.46. The minimum absolute atomic E-state index is 0.280. The lowest BCUT2D eigenvalue weighted by Gasteiger charge is -2.20. The summed E-state index contributed by atoms with van der Waals surface area (Å²) in [5.74, 6) is 0. The van der Waals surface area contributed by atoms with E-state index >= 15 is 0 Å².